The molecule has 88 valence electrons. The quantitative estimate of drug-likeness (QED) is 0.701. The molecule has 0 amide bonds. The standard InChI is InChI=1S/C11H14BrNO3/c12-9-6-8(3-4-10(9)14)7-13-5-1-2-11(15)16/h3-4,6,13-14H,1-2,5,7H2,(H,15,16). The summed E-state index contributed by atoms with van der Waals surface area (Å²) in [5.74, 6) is -0.552. The molecule has 1 rings (SSSR count). The van der Waals surface area contributed by atoms with Crippen molar-refractivity contribution >= 4 is 21.9 Å². The number of phenols is 1. The summed E-state index contributed by atoms with van der Waals surface area (Å²) >= 11 is 3.23. The Labute approximate surface area is 102 Å². The highest BCUT2D eigenvalue weighted by Crippen LogP contribution is 2.24. The zero-order chi connectivity index (χ0) is 12.0. The lowest BCUT2D eigenvalue weighted by atomic mass is 10.2. The molecule has 0 aliphatic rings. The van der Waals surface area contributed by atoms with Gasteiger partial charge < -0.3 is 15.5 Å². The predicted octanol–water partition coefficient (Wildman–Crippen LogP) is 2.11. The lowest BCUT2D eigenvalue weighted by Gasteiger charge is -2.05. The van der Waals surface area contributed by atoms with Gasteiger partial charge in [-0.05, 0) is 46.6 Å². The van der Waals surface area contributed by atoms with E-state index in [4.69, 9.17) is 5.11 Å². The van der Waals surface area contributed by atoms with Crippen LogP contribution < -0.4 is 5.32 Å². The van der Waals surface area contributed by atoms with Gasteiger partial charge in [0.05, 0.1) is 4.47 Å². The molecule has 0 atom stereocenters. The van der Waals surface area contributed by atoms with Gasteiger partial charge in [0, 0.05) is 13.0 Å². The molecule has 5 heteroatoms. The van der Waals surface area contributed by atoms with Crippen molar-refractivity contribution in [2.75, 3.05) is 6.54 Å². The topological polar surface area (TPSA) is 69.6 Å². The molecule has 3 N–H and O–H groups in total. The van der Waals surface area contributed by atoms with Gasteiger partial charge in [0.1, 0.15) is 5.75 Å². The average molecular weight is 288 g/mol. The number of carbonyl (C=O) groups is 1. The lowest BCUT2D eigenvalue weighted by molar-refractivity contribution is -0.137. The van der Waals surface area contributed by atoms with Crippen LogP contribution in [0, 0.1) is 0 Å². The highest BCUT2D eigenvalue weighted by Gasteiger charge is 2.00. The van der Waals surface area contributed by atoms with Gasteiger partial charge in [-0.3, -0.25) is 4.79 Å². The molecule has 4 nitrogen and oxygen atoms in total. The number of halogens is 1. The molecule has 0 aliphatic carbocycles. The number of hydrogen-bond donors (Lipinski definition) is 3. The number of carboxylic acid groups (broad SMARTS) is 1. The minimum absolute atomic E-state index is 0.187. The molecule has 0 bridgehead atoms. The maximum absolute atomic E-state index is 10.3. The fraction of sp³-hybridized carbons (Fsp3) is 0.364. The number of aromatic hydroxyl groups is 1. The third kappa shape index (κ3) is 4.63. The van der Waals surface area contributed by atoms with Crippen LogP contribution in [0.15, 0.2) is 22.7 Å². The molecule has 0 saturated carbocycles. The van der Waals surface area contributed by atoms with E-state index in [2.05, 4.69) is 21.2 Å². The number of benzene rings is 1. The first-order valence-electron chi connectivity index (χ1n) is 4.99. The second kappa shape index (κ2) is 6.50. The summed E-state index contributed by atoms with van der Waals surface area (Å²) < 4.78 is 0.664. The van der Waals surface area contributed by atoms with E-state index in [9.17, 15) is 9.90 Å². The fourth-order valence-corrected chi connectivity index (χ4v) is 1.68. The molecular weight excluding hydrogens is 274 g/mol. The first kappa shape index (κ1) is 13.0. The Morgan fingerprint density at radius 1 is 1.44 bits per heavy atom. The fourth-order valence-electron chi connectivity index (χ4n) is 1.26. The van der Waals surface area contributed by atoms with E-state index < -0.39 is 5.97 Å². The van der Waals surface area contributed by atoms with Gasteiger partial charge in [0.15, 0.2) is 0 Å². The first-order chi connectivity index (χ1) is 7.59. The van der Waals surface area contributed by atoms with Crippen molar-refractivity contribution in [3.05, 3.63) is 28.2 Å². The van der Waals surface area contributed by atoms with E-state index in [0.29, 0.717) is 24.0 Å². The highest BCUT2D eigenvalue weighted by molar-refractivity contribution is 9.10. The summed E-state index contributed by atoms with van der Waals surface area (Å²) in [5.41, 5.74) is 1.04. The number of carboxylic acids is 1. The first-order valence-corrected chi connectivity index (χ1v) is 5.79. The minimum Gasteiger partial charge on any atom is -0.507 e. The molecule has 0 aromatic heterocycles. The van der Waals surface area contributed by atoms with E-state index >= 15 is 0 Å². The van der Waals surface area contributed by atoms with Crippen LogP contribution in [0.1, 0.15) is 18.4 Å². The van der Waals surface area contributed by atoms with Crippen molar-refractivity contribution in [2.45, 2.75) is 19.4 Å². The van der Waals surface area contributed by atoms with E-state index in [0.717, 1.165) is 5.56 Å². The minimum atomic E-state index is -0.769. The Hall–Kier alpha value is -1.07. The van der Waals surface area contributed by atoms with Crippen molar-refractivity contribution < 1.29 is 15.0 Å². The average Bonchev–Trinajstić information content (AvgIpc) is 2.22. The van der Waals surface area contributed by atoms with Crippen molar-refractivity contribution in [1.82, 2.24) is 5.32 Å². The van der Waals surface area contributed by atoms with Gasteiger partial charge >= 0.3 is 5.97 Å². The van der Waals surface area contributed by atoms with Crippen LogP contribution in [-0.4, -0.2) is 22.7 Å². The third-order valence-corrected chi connectivity index (χ3v) is 2.72. The number of nitrogens with one attached hydrogen (secondary N) is 1. The Balaban J connectivity index is 2.27. The van der Waals surface area contributed by atoms with Crippen LogP contribution >= 0.6 is 15.9 Å². The summed E-state index contributed by atoms with van der Waals surface area (Å²) in [5, 5.41) is 20.9. The van der Waals surface area contributed by atoms with Gasteiger partial charge in [0.2, 0.25) is 0 Å². The predicted molar refractivity (Wildman–Crippen MR) is 64.4 cm³/mol. The largest absolute Gasteiger partial charge is 0.507 e. The third-order valence-electron chi connectivity index (χ3n) is 2.09. The Kier molecular flexibility index (Phi) is 5.28. The molecule has 0 unspecified atom stereocenters. The normalized spacial score (nSPS) is 10.3. The number of aliphatic carboxylic acids is 1. The summed E-state index contributed by atoms with van der Waals surface area (Å²) in [6.07, 6.45) is 0.806. The maximum Gasteiger partial charge on any atom is 0.303 e. The Morgan fingerprint density at radius 3 is 2.81 bits per heavy atom. The second-order valence-electron chi connectivity index (χ2n) is 3.46. The molecule has 0 fully saturated rings. The van der Waals surface area contributed by atoms with Gasteiger partial charge in [-0.1, -0.05) is 6.07 Å². The maximum atomic E-state index is 10.3. The van der Waals surface area contributed by atoms with Crippen molar-refractivity contribution in [3.63, 3.8) is 0 Å². The van der Waals surface area contributed by atoms with Crippen LogP contribution in [0.3, 0.4) is 0 Å². The van der Waals surface area contributed by atoms with E-state index in [1.807, 2.05) is 12.1 Å². The van der Waals surface area contributed by atoms with Crippen molar-refractivity contribution in [3.8, 4) is 5.75 Å². The molecule has 0 saturated heterocycles. The Bertz CT molecular complexity index is 368. The lowest BCUT2D eigenvalue weighted by Crippen LogP contribution is -2.15. The van der Waals surface area contributed by atoms with E-state index in [1.165, 1.54) is 0 Å². The van der Waals surface area contributed by atoms with Gasteiger partial charge in [-0.25, -0.2) is 0 Å². The molecule has 0 aliphatic heterocycles. The zero-order valence-corrected chi connectivity index (χ0v) is 10.3. The molecular formula is C11H14BrNO3. The molecule has 1 aromatic carbocycles. The van der Waals surface area contributed by atoms with Gasteiger partial charge in [0.25, 0.3) is 0 Å². The monoisotopic (exact) mass is 287 g/mol. The SMILES string of the molecule is O=C(O)CCCNCc1ccc(O)c(Br)c1. The van der Waals surface area contributed by atoms with E-state index in [-0.39, 0.29) is 12.2 Å². The smallest absolute Gasteiger partial charge is 0.303 e. The van der Waals surface area contributed by atoms with Crippen LogP contribution in [0.2, 0.25) is 0 Å². The number of hydrogen-bond acceptors (Lipinski definition) is 3. The summed E-state index contributed by atoms with van der Waals surface area (Å²) in [7, 11) is 0. The molecule has 0 spiro atoms. The number of phenolic OH excluding ortho intramolecular Hbond substituents is 1. The van der Waals surface area contributed by atoms with E-state index in [1.54, 1.807) is 6.07 Å². The van der Waals surface area contributed by atoms with Crippen LogP contribution in [0.5, 0.6) is 5.75 Å². The summed E-state index contributed by atoms with van der Waals surface area (Å²) in [4.78, 5) is 10.3. The number of rotatable bonds is 6. The van der Waals surface area contributed by atoms with Gasteiger partial charge in [-0.15, -0.1) is 0 Å². The highest BCUT2D eigenvalue weighted by atomic mass is 79.9. The molecule has 16 heavy (non-hydrogen) atoms. The van der Waals surface area contributed by atoms with Crippen LogP contribution in [0.25, 0.3) is 0 Å². The molecule has 0 heterocycles. The van der Waals surface area contributed by atoms with Crippen LogP contribution in [-0.2, 0) is 11.3 Å². The molecule has 1 aromatic rings. The Morgan fingerprint density at radius 2 is 2.19 bits per heavy atom. The summed E-state index contributed by atoms with van der Waals surface area (Å²) in [6, 6.07) is 5.28. The van der Waals surface area contributed by atoms with Crippen LogP contribution in [0.4, 0.5) is 0 Å². The van der Waals surface area contributed by atoms with Crippen molar-refractivity contribution in [1.29, 1.82) is 0 Å². The zero-order valence-electron chi connectivity index (χ0n) is 8.74. The molecule has 0 radical (unpaired) electrons. The second-order valence-corrected chi connectivity index (χ2v) is 4.31. The van der Waals surface area contributed by atoms with Gasteiger partial charge in [-0.2, -0.15) is 0 Å². The van der Waals surface area contributed by atoms with Crippen molar-refractivity contribution in [2.24, 2.45) is 0 Å². The summed E-state index contributed by atoms with van der Waals surface area (Å²) in [6.45, 7) is 1.34.